The molecule has 0 bridgehead atoms. The second-order valence-electron chi connectivity index (χ2n) is 5.95. The van der Waals surface area contributed by atoms with E-state index in [1.807, 2.05) is 0 Å². The Kier molecular flexibility index (Phi) is 4.83. The molecular weight excluding hydrogens is 388 g/mol. The molecule has 0 amide bonds. The van der Waals surface area contributed by atoms with Gasteiger partial charge in [-0.1, -0.05) is 24.2 Å². The minimum atomic E-state index is -0.707. The minimum Gasteiger partial charge on any atom is -0.484 e. The zero-order chi connectivity index (χ0) is 19.7. The molecule has 2 aromatic heterocycles. The first-order valence-corrected chi connectivity index (χ1v) is 8.73. The van der Waals surface area contributed by atoms with Gasteiger partial charge in [0.05, 0.1) is 16.3 Å². The highest BCUT2D eigenvalue weighted by atomic mass is 35.5. The van der Waals surface area contributed by atoms with Crippen LogP contribution in [0.15, 0.2) is 49.2 Å². The fraction of sp³-hybridized carbons (Fsp3) is 0.100. The average Bonchev–Trinajstić information content (AvgIpc) is 2.68. The molecule has 4 rings (SSSR count). The summed E-state index contributed by atoms with van der Waals surface area (Å²) in [5.74, 6) is -0.182. The first-order valence-electron chi connectivity index (χ1n) is 8.36. The summed E-state index contributed by atoms with van der Waals surface area (Å²) in [6.07, 6.45) is 1.54. The van der Waals surface area contributed by atoms with E-state index in [0.717, 1.165) is 12.1 Å². The molecule has 1 aromatic carbocycles. The number of hydrogen-bond donors (Lipinski definition) is 1. The van der Waals surface area contributed by atoms with Crippen molar-refractivity contribution in [1.29, 1.82) is 0 Å². The van der Waals surface area contributed by atoms with Gasteiger partial charge in [-0.2, -0.15) is 0 Å². The summed E-state index contributed by atoms with van der Waals surface area (Å²) in [6.45, 7) is 4.55. The maximum atomic E-state index is 13.9. The summed E-state index contributed by atoms with van der Waals surface area (Å²) in [7, 11) is 0. The summed E-state index contributed by atoms with van der Waals surface area (Å²) >= 11 is 6.30. The minimum absolute atomic E-state index is 0.0614. The molecule has 1 aliphatic heterocycles. The van der Waals surface area contributed by atoms with Crippen LogP contribution in [-0.4, -0.2) is 23.2 Å². The third-order valence-corrected chi connectivity index (χ3v) is 4.36. The van der Waals surface area contributed by atoms with Gasteiger partial charge < -0.3 is 14.8 Å². The Labute approximate surface area is 164 Å². The molecule has 5 nitrogen and oxygen atoms in total. The van der Waals surface area contributed by atoms with Crippen molar-refractivity contribution in [3.05, 3.63) is 71.4 Å². The Hall–Kier alpha value is -3.19. The highest BCUT2D eigenvalue weighted by Gasteiger charge is 2.18. The van der Waals surface area contributed by atoms with Crippen LogP contribution in [0.2, 0.25) is 5.02 Å². The Balaban J connectivity index is 1.57. The molecule has 142 valence electrons. The van der Waals surface area contributed by atoms with Crippen molar-refractivity contribution in [1.82, 2.24) is 9.97 Å². The number of aromatic nitrogens is 2. The standard InChI is InChI=1S/C20H14ClF2N3O2/c1-11(18-14(22)3-2-4-15(18)23)25-17-6-5-12(10-24-17)19-13(21)9-16-20(26-19)28-8-7-27-16/h2-6,9-10H,1,7-8H2,(H,24,25). The average molecular weight is 402 g/mol. The van der Waals surface area contributed by atoms with Gasteiger partial charge in [0, 0.05) is 23.5 Å². The number of anilines is 1. The molecule has 0 aliphatic carbocycles. The molecule has 0 spiro atoms. The monoisotopic (exact) mass is 401 g/mol. The first kappa shape index (κ1) is 18.2. The fourth-order valence-corrected chi connectivity index (χ4v) is 3.02. The van der Waals surface area contributed by atoms with Crippen molar-refractivity contribution in [2.75, 3.05) is 18.5 Å². The number of rotatable bonds is 4. The van der Waals surface area contributed by atoms with E-state index < -0.39 is 11.6 Å². The first-order chi connectivity index (χ1) is 13.5. The number of ether oxygens (including phenoxy) is 2. The molecule has 0 atom stereocenters. The maximum absolute atomic E-state index is 13.9. The Morgan fingerprint density at radius 2 is 1.86 bits per heavy atom. The van der Waals surface area contributed by atoms with Gasteiger partial charge in [0.15, 0.2) is 5.75 Å². The number of nitrogens with zero attached hydrogens (tertiary/aromatic N) is 2. The fourth-order valence-electron chi connectivity index (χ4n) is 2.77. The Bertz CT molecular complexity index is 1040. The van der Waals surface area contributed by atoms with Gasteiger partial charge >= 0.3 is 0 Å². The maximum Gasteiger partial charge on any atom is 0.257 e. The third-order valence-electron chi connectivity index (χ3n) is 4.07. The normalized spacial score (nSPS) is 12.5. The van der Waals surface area contributed by atoms with Gasteiger partial charge in [0.25, 0.3) is 5.88 Å². The van der Waals surface area contributed by atoms with Crippen LogP contribution in [-0.2, 0) is 0 Å². The third kappa shape index (κ3) is 3.48. The van der Waals surface area contributed by atoms with Crippen LogP contribution >= 0.6 is 11.6 Å². The molecule has 28 heavy (non-hydrogen) atoms. The van der Waals surface area contributed by atoms with Crippen molar-refractivity contribution < 1.29 is 18.3 Å². The molecule has 0 saturated carbocycles. The van der Waals surface area contributed by atoms with Gasteiger partial charge in [0.1, 0.15) is 30.7 Å². The second-order valence-corrected chi connectivity index (χ2v) is 6.36. The molecule has 0 fully saturated rings. The van der Waals surface area contributed by atoms with Crippen LogP contribution in [0.3, 0.4) is 0 Å². The molecule has 0 unspecified atom stereocenters. The van der Waals surface area contributed by atoms with E-state index in [1.165, 1.54) is 12.3 Å². The number of pyridine rings is 2. The van der Waals surface area contributed by atoms with E-state index in [4.69, 9.17) is 21.1 Å². The Morgan fingerprint density at radius 1 is 1.11 bits per heavy atom. The van der Waals surface area contributed by atoms with E-state index in [-0.39, 0.29) is 11.3 Å². The number of nitrogens with one attached hydrogen (secondary N) is 1. The molecule has 0 radical (unpaired) electrons. The molecule has 0 saturated heterocycles. The van der Waals surface area contributed by atoms with Gasteiger partial charge in [-0.25, -0.2) is 18.7 Å². The lowest BCUT2D eigenvalue weighted by Gasteiger charge is -2.18. The zero-order valence-electron chi connectivity index (χ0n) is 14.5. The summed E-state index contributed by atoms with van der Waals surface area (Å²) in [5, 5.41) is 3.19. The zero-order valence-corrected chi connectivity index (χ0v) is 15.3. The van der Waals surface area contributed by atoms with Gasteiger partial charge in [-0.15, -0.1) is 0 Å². The van der Waals surface area contributed by atoms with Gasteiger partial charge in [-0.3, -0.25) is 0 Å². The number of fused-ring (bicyclic) bond motifs is 1. The van der Waals surface area contributed by atoms with Crippen LogP contribution < -0.4 is 14.8 Å². The summed E-state index contributed by atoms with van der Waals surface area (Å²) < 4.78 is 38.7. The van der Waals surface area contributed by atoms with Crippen molar-refractivity contribution in [3.63, 3.8) is 0 Å². The molecule has 1 N–H and O–H groups in total. The molecule has 1 aliphatic rings. The lowest BCUT2D eigenvalue weighted by Crippen LogP contribution is -2.16. The van der Waals surface area contributed by atoms with E-state index in [2.05, 4.69) is 21.9 Å². The summed E-state index contributed by atoms with van der Waals surface area (Å²) in [6, 6.07) is 8.62. The highest BCUT2D eigenvalue weighted by Crippen LogP contribution is 2.36. The van der Waals surface area contributed by atoms with Crippen molar-refractivity contribution in [2.45, 2.75) is 0 Å². The van der Waals surface area contributed by atoms with Crippen LogP contribution in [0.1, 0.15) is 5.56 Å². The number of halogens is 3. The molecular formula is C20H14ClF2N3O2. The molecule has 8 heteroatoms. The molecule has 3 aromatic rings. The van der Waals surface area contributed by atoms with E-state index in [9.17, 15) is 8.78 Å². The van der Waals surface area contributed by atoms with Crippen molar-refractivity contribution in [2.24, 2.45) is 0 Å². The topological polar surface area (TPSA) is 56.3 Å². The summed E-state index contributed by atoms with van der Waals surface area (Å²) in [4.78, 5) is 8.63. The lowest BCUT2D eigenvalue weighted by molar-refractivity contribution is 0.164. The van der Waals surface area contributed by atoms with Crippen LogP contribution in [0.25, 0.3) is 17.0 Å². The van der Waals surface area contributed by atoms with E-state index in [0.29, 0.717) is 46.9 Å². The van der Waals surface area contributed by atoms with Crippen LogP contribution in [0.5, 0.6) is 11.6 Å². The number of benzene rings is 1. The molecule has 3 heterocycles. The summed E-state index contributed by atoms with van der Waals surface area (Å²) in [5.41, 5.74) is 0.968. The lowest BCUT2D eigenvalue weighted by atomic mass is 10.1. The van der Waals surface area contributed by atoms with E-state index >= 15 is 0 Å². The SMILES string of the molecule is C=C(Nc1ccc(-c2nc3c(cc2Cl)OCCO3)cn1)c1c(F)cccc1F. The Morgan fingerprint density at radius 3 is 2.57 bits per heavy atom. The predicted octanol–water partition coefficient (Wildman–Crippen LogP) is 4.93. The van der Waals surface area contributed by atoms with E-state index in [1.54, 1.807) is 18.2 Å². The van der Waals surface area contributed by atoms with Crippen molar-refractivity contribution >= 4 is 23.1 Å². The quantitative estimate of drug-likeness (QED) is 0.671. The predicted molar refractivity (Wildman–Crippen MR) is 102 cm³/mol. The van der Waals surface area contributed by atoms with Gasteiger partial charge in [-0.05, 0) is 24.3 Å². The van der Waals surface area contributed by atoms with Gasteiger partial charge in [0.2, 0.25) is 0 Å². The van der Waals surface area contributed by atoms with Crippen molar-refractivity contribution in [3.8, 4) is 22.9 Å². The van der Waals surface area contributed by atoms with Crippen LogP contribution in [0.4, 0.5) is 14.6 Å². The smallest absolute Gasteiger partial charge is 0.257 e. The largest absolute Gasteiger partial charge is 0.484 e. The highest BCUT2D eigenvalue weighted by molar-refractivity contribution is 6.33. The van der Waals surface area contributed by atoms with Crippen LogP contribution in [0, 0.1) is 11.6 Å². The second kappa shape index (κ2) is 7.44. The number of hydrogen-bond acceptors (Lipinski definition) is 5.